The third kappa shape index (κ3) is 2.15. The zero-order chi connectivity index (χ0) is 9.97. The molecule has 1 aromatic rings. The molecule has 2 rings (SSSR count). The van der Waals surface area contributed by atoms with Crippen LogP contribution in [0.4, 0.5) is 0 Å². The molecule has 1 aromatic heterocycles. The van der Waals surface area contributed by atoms with E-state index in [-0.39, 0.29) is 6.10 Å². The SMILES string of the molecule is CN1CCOC(C(O)c2ccsc2)C1. The van der Waals surface area contributed by atoms with Crippen LogP contribution in [0.25, 0.3) is 0 Å². The molecule has 4 heteroatoms. The Morgan fingerprint density at radius 2 is 2.57 bits per heavy atom. The highest BCUT2D eigenvalue weighted by atomic mass is 32.1. The molecule has 2 heterocycles. The van der Waals surface area contributed by atoms with Crippen molar-refractivity contribution in [3.8, 4) is 0 Å². The highest BCUT2D eigenvalue weighted by Crippen LogP contribution is 2.23. The summed E-state index contributed by atoms with van der Waals surface area (Å²) in [5.41, 5.74) is 0.968. The number of ether oxygens (including phenoxy) is 1. The summed E-state index contributed by atoms with van der Waals surface area (Å²) in [6.07, 6.45) is -0.563. The van der Waals surface area contributed by atoms with E-state index >= 15 is 0 Å². The lowest BCUT2D eigenvalue weighted by Gasteiger charge is -2.32. The lowest BCUT2D eigenvalue weighted by molar-refractivity contribution is -0.0843. The standard InChI is InChI=1S/C10H15NO2S/c1-11-3-4-13-9(6-11)10(12)8-2-5-14-7-8/h2,5,7,9-10,12H,3-4,6H2,1H3. The van der Waals surface area contributed by atoms with Crippen molar-refractivity contribution in [1.82, 2.24) is 4.90 Å². The van der Waals surface area contributed by atoms with Crippen molar-refractivity contribution in [3.63, 3.8) is 0 Å². The van der Waals surface area contributed by atoms with Crippen LogP contribution < -0.4 is 0 Å². The molecule has 1 fully saturated rings. The molecule has 1 N–H and O–H groups in total. The van der Waals surface area contributed by atoms with Crippen LogP contribution in [0.3, 0.4) is 0 Å². The second-order valence-electron chi connectivity index (χ2n) is 3.67. The summed E-state index contributed by atoms with van der Waals surface area (Å²) in [5.74, 6) is 0. The van der Waals surface area contributed by atoms with Gasteiger partial charge in [-0.05, 0) is 29.4 Å². The zero-order valence-corrected chi connectivity index (χ0v) is 9.04. The van der Waals surface area contributed by atoms with Gasteiger partial charge in [-0.3, -0.25) is 0 Å². The topological polar surface area (TPSA) is 32.7 Å². The van der Waals surface area contributed by atoms with Crippen molar-refractivity contribution in [2.45, 2.75) is 12.2 Å². The van der Waals surface area contributed by atoms with Gasteiger partial charge < -0.3 is 14.7 Å². The van der Waals surface area contributed by atoms with E-state index < -0.39 is 6.10 Å². The second kappa shape index (κ2) is 4.40. The number of nitrogens with zero attached hydrogens (tertiary/aromatic N) is 1. The highest BCUT2D eigenvalue weighted by Gasteiger charge is 2.26. The summed E-state index contributed by atoms with van der Waals surface area (Å²) in [6, 6.07) is 1.95. The fourth-order valence-corrected chi connectivity index (χ4v) is 2.35. The number of morpholine rings is 1. The van der Waals surface area contributed by atoms with Gasteiger partial charge >= 0.3 is 0 Å². The first kappa shape index (κ1) is 10.1. The predicted octanol–water partition coefficient (Wildman–Crippen LogP) is 1.11. The van der Waals surface area contributed by atoms with Gasteiger partial charge in [-0.1, -0.05) is 0 Å². The van der Waals surface area contributed by atoms with Gasteiger partial charge in [0, 0.05) is 13.1 Å². The summed E-state index contributed by atoms with van der Waals surface area (Å²) in [6.45, 7) is 2.46. The van der Waals surface area contributed by atoms with Crippen molar-refractivity contribution in [2.24, 2.45) is 0 Å². The summed E-state index contributed by atoms with van der Waals surface area (Å²) < 4.78 is 5.55. The molecule has 78 valence electrons. The molecular formula is C10H15NO2S. The molecule has 1 aliphatic rings. The average Bonchev–Trinajstić information content (AvgIpc) is 2.69. The van der Waals surface area contributed by atoms with Crippen LogP contribution in [-0.2, 0) is 4.74 Å². The van der Waals surface area contributed by atoms with E-state index in [2.05, 4.69) is 11.9 Å². The molecule has 2 atom stereocenters. The van der Waals surface area contributed by atoms with Crippen molar-refractivity contribution in [1.29, 1.82) is 0 Å². The molecular weight excluding hydrogens is 198 g/mol. The molecule has 0 aliphatic carbocycles. The molecule has 0 amide bonds. The summed E-state index contributed by atoms with van der Waals surface area (Å²) in [4.78, 5) is 2.18. The maximum atomic E-state index is 10.0. The highest BCUT2D eigenvalue weighted by molar-refractivity contribution is 7.07. The van der Waals surface area contributed by atoms with Crippen LogP contribution in [0.5, 0.6) is 0 Å². The zero-order valence-electron chi connectivity index (χ0n) is 8.22. The molecule has 3 nitrogen and oxygen atoms in total. The van der Waals surface area contributed by atoms with E-state index in [1.165, 1.54) is 0 Å². The minimum atomic E-state index is -0.482. The Morgan fingerprint density at radius 3 is 3.21 bits per heavy atom. The lowest BCUT2D eigenvalue weighted by Crippen LogP contribution is -2.42. The number of aliphatic hydroxyl groups excluding tert-OH is 1. The predicted molar refractivity (Wildman–Crippen MR) is 56.5 cm³/mol. The quantitative estimate of drug-likeness (QED) is 0.799. The van der Waals surface area contributed by atoms with Crippen LogP contribution >= 0.6 is 11.3 Å². The molecule has 0 bridgehead atoms. The Bertz CT molecular complexity index is 276. The molecule has 1 aliphatic heterocycles. The molecule has 0 radical (unpaired) electrons. The van der Waals surface area contributed by atoms with Crippen molar-refractivity contribution in [2.75, 3.05) is 26.7 Å². The van der Waals surface area contributed by atoms with Gasteiger partial charge in [0.1, 0.15) is 12.2 Å². The lowest BCUT2D eigenvalue weighted by atomic mass is 10.1. The van der Waals surface area contributed by atoms with E-state index in [0.29, 0.717) is 6.61 Å². The molecule has 0 spiro atoms. The Labute approximate surface area is 87.9 Å². The number of aliphatic hydroxyl groups is 1. The van der Waals surface area contributed by atoms with Gasteiger partial charge in [-0.2, -0.15) is 11.3 Å². The maximum absolute atomic E-state index is 10.0. The normalized spacial score (nSPS) is 26.3. The van der Waals surface area contributed by atoms with Gasteiger partial charge in [0.05, 0.1) is 6.61 Å². The first-order chi connectivity index (χ1) is 6.77. The van der Waals surface area contributed by atoms with Crippen molar-refractivity contribution >= 4 is 11.3 Å². The summed E-state index contributed by atoms with van der Waals surface area (Å²) in [5, 5.41) is 14.0. The van der Waals surface area contributed by atoms with Crippen LogP contribution in [-0.4, -0.2) is 42.9 Å². The second-order valence-corrected chi connectivity index (χ2v) is 4.45. The van der Waals surface area contributed by atoms with Gasteiger partial charge in [0.25, 0.3) is 0 Å². The Balaban J connectivity index is 2.00. The molecule has 0 saturated carbocycles. The van der Waals surface area contributed by atoms with Crippen LogP contribution in [0.15, 0.2) is 16.8 Å². The van der Waals surface area contributed by atoms with E-state index in [1.54, 1.807) is 11.3 Å². The fraction of sp³-hybridized carbons (Fsp3) is 0.600. The minimum absolute atomic E-state index is 0.0802. The largest absolute Gasteiger partial charge is 0.386 e. The van der Waals surface area contributed by atoms with Crippen molar-refractivity contribution < 1.29 is 9.84 Å². The molecule has 0 aromatic carbocycles. The van der Waals surface area contributed by atoms with Crippen molar-refractivity contribution in [3.05, 3.63) is 22.4 Å². The van der Waals surface area contributed by atoms with Crippen LogP contribution in [0, 0.1) is 0 Å². The van der Waals surface area contributed by atoms with Gasteiger partial charge in [-0.25, -0.2) is 0 Å². The van der Waals surface area contributed by atoms with E-state index in [1.807, 2.05) is 16.8 Å². The van der Waals surface area contributed by atoms with Gasteiger partial charge in [0.2, 0.25) is 0 Å². The molecule has 14 heavy (non-hydrogen) atoms. The van der Waals surface area contributed by atoms with Gasteiger partial charge in [0.15, 0.2) is 0 Å². The number of hydrogen-bond acceptors (Lipinski definition) is 4. The number of thiophene rings is 1. The van der Waals surface area contributed by atoms with Crippen LogP contribution in [0.2, 0.25) is 0 Å². The fourth-order valence-electron chi connectivity index (χ4n) is 1.66. The van der Waals surface area contributed by atoms with Crippen LogP contribution in [0.1, 0.15) is 11.7 Å². The number of hydrogen-bond donors (Lipinski definition) is 1. The third-order valence-electron chi connectivity index (χ3n) is 2.53. The maximum Gasteiger partial charge on any atom is 0.107 e. The van der Waals surface area contributed by atoms with Gasteiger partial charge in [-0.15, -0.1) is 0 Å². The first-order valence-corrected chi connectivity index (χ1v) is 5.72. The van der Waals surface area contributed by atoms with E-state index in [9.17, 15) is 5.11 Å². The first-order valence-electron chi connectivity index (χ1n) is 4.77. The Morgan fingerprint density at radius 1 is 1.71 bits per heavy atom. The Kier molecular flexibility index (Phi) is 3.18. The number of rotatable bonds is 2. The number of likely N-dealkylation sites (N-methyl/N-ethyl adjacent to an activating group) is 1. The summed E-state index contributed by atoms with van der Waals surface area (Å²) in [7, 11) is 2.05. The third-order valence-corrected chi connectivity index (χ3v) is 3.23. The Hall–Kier alpha value is -0.420. The van der Waals surface area contributed by atoms with E-state index in [0.717, 1.165) is 18.7 Å². The molecule has 2 unspecified atom stereocenters. The average molecular weight is 213 g/mol. The minimum Gasteiger partial charge on any atom is -0.386 e. The van der Waals surface area contributed by atoms with E-state index in [4.69, 9.17) is 4.74 Å². The molecule has 1 saturated heterocycles. The monoisotopic (exact) mass is 213 g/mol. The summed E-state index contributed by atoms with van der Waals surface area (Å²) >= 11 is 1.60. The smallest absolute Gasteiger partial charge is 0.107 e.